The smallest absolute Gasteiger partial charge is 0.0558 e. The van der Waals surface area contributed by atoms with Crippen LogP contribution in [0.2, 0.25) is 0 Å². The van der Waals surface area contributed by atoms with Gasteiger partial charge >= 0.3 is 0 Å². The van der Waals surface area contributed by atoms with E-state index in [1.165, 1.54) is 0 Å². The van der Waals surface area contributed by atoms with Crippen molar-refractivity contribution in [1.29, 1.82) is 0 Å². The highest BCUT2D eigenvalue weighted by atomic mass is 16.3. The molecule has 11 nitrogen and oxygen atoms in total. The lowest BCUT2D eigenvalue weighted by Gasteiger charge is -2.17. The Morgan fingerprint density at radius 1 is 0.345 bits per heavy atom. The maximum atomic E-state index is 8.48. The van der Waals surface area contributed by atoms with Crippen LogP contribution >= 0.6 is 0 Å². The zero-order valence-electron chi connectivity index (χ0n) is 18.5. The molecule has 0 amide bonds. The van der Waals surface area contributed by atoms with Crippen molar-refractivity contribution in [3.63, 3.8) is 0 Å². The maximum Gasteiger partial charge on any atom is 0.0558 e. The largest absolute Gasteiger partial charge is 0.397 e. The van der Waals surface area contributed by atoms with Crippen molar-refractivity contribution in [3.05, 3.63) is 0 Å². The van der Waals surface area contributed by atoms with Crippen molar-refractivity contribution >= 4 is 0 Å². The van der Waals surface area contributed by atoms with Gasteiger partial charge in [-0.15, -0.1) is 0 Å². The summed E-state index contributed by atoms with van der Waals surface area (Å²) in [4.78, 5) is 3.58. The van der Waals surface area contributed by atoms with E-state index in [1.54, 1.807) is 30.6 Å². The van der Waals surface area contributed by atoms with Crippen LogP contribution in [0.25, 0.3) is 0 Å². The summed E-state index contributed by atoms with van der Waals surface area (Å²) < 4.78 is 0. The number of aliphatic hydroxyl groups excluding tert-OH is 9. The number of hydrogen-bond acceptors (Lipinski definition) is 11. The minimum absolute atomic E-state index is 0.0694. The summed E-state index contributed by atoms with van der Waals surface area (Å²) in [5.41, 5.74) is 0. The van der Waals surface area contributed by atoms with E-state index in [9.17, 15) is 0 Å². The molecule has 184 valence electrons. The topological polar surface area (TPSA) is 189 Å². The second kappa shape index (κ2) is 46.0. The first-order chi connectivity index (χ1) is 13.9. The summed E-state index contributed by atoms with van der Waals surface area (Å²) in [7, 11) is 0. The first kappa shape index (κ1) is 39.1. The highest BCUT2D eigenvalue weighted by Gasteiger charge is 2.01. The van der Waals surface area contributed by atoms with E-state index in [4.69, 9.17) is 46.0 Å². The molecule has 0 bridgehead atoms. The Hall–Kier alpha value is -0.440. The second-order valence-corrected chi connectivity index (χ2v) is 4.97. The lowest BCUT2D eigenvalue weighted by molar-refractivity contribution is 0.136. The fourth-order valence-electron chi connectivity index (χ4n) is 1.52. The highest BCUT2D eigenvalue weighted by Crippen LogP contribution is 1.84. The van der Waals surface area contributed by atoms with E-state index in [1.807, 2.05) is 0 Å². The molecule has 11 heteroatoms. The zero-order valence-corrected chi connectivity index (χ0v) is 18.5. The van der Waals surface area contributed by atoms with Gasteiger partial charge in [0.2, 0.25) is 0 Å². The number of aliphatic hydroxyl groups is 9. The SMILES string of the molecule is CCO.CCO.CCO.OCCN(CCO)CCO.OCCN(CCO)CCO. The quantitative estimate of drug-likeness (QED) is 0.148. The van der Waals surface area contributed by atoms with Crippen LogP contribution in [0.5, 0.6) is 0 Å². The number of nitrogens with zero attached hydrogens (tertiary/aromatic N) is 2. The Morgan fingerprint density at radius 2 is 0.448 bits per heavy atom. The summed E-state index contributed by atoms with van der Waals surface area (Å²) in [6.07, 6.45) is 0. The fourth-order valence-corrected chi connectivity index (χ4v) is 1.52. The Bertz CT molecular complexity index is 168. The molecule has 9 N–H and O–H groups in total. The van der Waals surface area contributed by atoms with Crippen molar-refractivity contribution < 1.29 is 46.0 Å². The predicted molar refractivity (Wildman–Crippen MR) is 114 cm³/mol. The van der Waals surface area contributed by atoms with Gasteiger partial charge in [-0.3, -0.25) is 9.80 Å². The predicted octanol–water partition coefficient (Wildman–Crippen LogP) is -3.47. The van der Waals surface area contributed by atoms with Crippen molar-refractivity contribution in [1.82, 2.24) is 9.80 Å². The number of rotatable bonds is 12. The highest BCUT2D eigenvalue weighted by molar-refractivity contribution is 4.54. The summed E-state index contributed by atoms with van der Waals surface area (Å²) in [6.45, 7) is 9.30. The Kier molecular flexibility index (Phi) is 62.0. The molecule has 0 unspecified atom stereocenters. The van der Waals surface area contributed by atoms with Crippen LogP contribution in [-0.2, 0) is 0 Å². The molecule has 0 heterocycles. The average Bonchev–Trinajstić information content (AvgIpc) is 2.66. The molecule has 0 aromatic carbocycles. The van der Waals surface area contributed by atoms with E-state index in [2.05, 4.69) is 0 Å². The molecule has 29 heavy (non-hydrogen) atoms. The van der Waals surface area contributed by atoms with Gasteiger partial charge in [-0.05, 0) is 20.8 Å². The van der Waals surface area contributed by atoms with Gasteiger partial charge < -0.3 is 46.0 Å². The third kappa shape index (κ3) is 58.4. The monoisotopic (exact) mass is 436 g/mol. The van der Waals surface area contributed by atoms with Crippen LogP contribution in [0.3, 0.4) is 0 Å². The molecule has 0 fully saturated rings. The molecule has 0 radical (unpaired) electrons. The molecular formula is C18H48N2O9. The van der Waals surface area contributed by atoms with Crippen LogP contribution < -0.4 is 0 Å². The van der Waals surface area contributed by atoms with Gasteiger partial charge in [0.15, 0.2) is 0 Å². The van der Waals surface area contributed by atoms with Crippen LogP contribution in [0.1, 0.15) is 20.8 Å². The van der Waals surface area contributed by atoms with E-state index < -0.39 is 0 Å². The van der Waals surface area contributed by atoms with Crippen molar-refractivity contribution in [2.75, 3.05) is 98.7 Å². The maximum absolute atomic E-state index is 8.48. The molecule has 0 aliphatic heterocycles. The Labute approximate surface area is 176 Å². The minimum atomic E-state index is 0.0694. The minimum Gasteiger partial charge on any atom is -0.397 e. The average molecular weight is 437 g/mol. The summed E-state index contributed by atoms with van der Waals surface area (Å²) in [5, 5.41) is 73.6. The van der Waals surface area contributed by atoms with Crippen molar-refractivity contribution in [2.45, 2.75) is 20.8 Å². The molecule has 0 rings (SSSR count). The second-order valence-electron chi connectivity index (χ2n) is 4.97. The van der Waals surface area contributed by atoms with Crippen molar-refractivity contribution in [3.8, 4) is 0 Å². The summed E-state index contributed by atoms with van der Waals surface area (Å²) in [5.74, 6) is 0. The van der Waals surface area contributed by atoms with Gasteiger partial charge in [0.1, 0.15) is 0 Å². The van der Waals surface area contributed by atoms with Gasteiger partial charge in [0, 0.05) is 59.1 Å². The molecule has 0 aliphatic rings. The van der Waals surface area contributed by atoms with Gasteiger partial charge in [0.25, 0.3) is 0 Å². The summed E-state index contributed by atoms with van der Waals surface area (Å²) in [6, 6.07) is 0. The Balaban J connectivity index is -0.0000000943. The Morgan fingerprint density at radius 3 is 0.517 bits per heavy atom. The molecule has 0 aromatic heterocycles. The van der Waals surface area contributed by atoms with Gasteiger partial charge in [-0.1, -0.05) is 0 Å². The van der Waals surface area contributed by atoms with E-state index >= 15 is 0 Å². The number of hydrogen-bond donors (Lipinski definition) is 9. The van der Waals surface area contributed by atoms with Gasteiger partial charge in [-0.25, -0.2) is 0 Å². The third-order valence-corrected chi connectivity index (χ3v) is 2.50. The third-order valence-electron chi connectivity index (χ3n) is 2.50. The van der Waals surface area contributed by atoms with Crippen LogP contribution in [0, 0.1) is 0 Å². The lowest BCUT2D eigenvalue weighted by Crippen LogP contribution is -2.32. The fraction of sp³-hybridized carbons (Fsp3) is 1.00. The molecule has 0 aliphatic carbocycles. The first-order valence-electron chi connectivity index (χ1n) is 9.86. The zero-order chi connectivity index (χ0) is 23.8. The van der Waals surface area contributed by atoms with Gasteiger partial charge in [-0.2, -0.15) is 0 Å². The molecule has 0 aromatic rings. The molecule has 0 saturated carbocycles. The molecule has 0 spiro atoms. The molecule has 0 atom stereocenters. The standard InChI is InChI=1S/2C6H15NO3.3C2H6O/c2*8-4-1-7(2-5-9)3-6-10;3*1-2-3/h2*8-10H,1-6H2;3*3H,2H2,1H3. The van der Waals surface area contributed by atoms with Crippen molar-refractivity contribution in [2.24, 2.45) is 0 Å². The first-order valence-corrected chi connectivity index (χ1v) is 9.86. The summed E-state index contributed by atoms with van der Waals surface area (Å²) >= 11 is 0. The van der Waals surface area contributed by atoms with Crippen LogP contribution in [0.15, 0.2) is 0 Å². The normalized spacial score (nSPS) is 9.31. The lowest BCUT2D eigenvalue weighted by atomic mass is 10.4. The van der Waals surface area contributed by atoms with E-state index in [0.717, 1.165) is 0 Å². The van der Waals surface area contributed by atoms with Crippen LogP contribution in [0.4, 0.5) is 0 Å². The van der Waals surface area contributed by atoms with Gasteiger partial charge in [0.05, 0.1) is 39.6 Å². The van der Waals surface area contributed by atoms with E-state index in [-0.39, 0.29) is 59.5 Å². The molecule has 0 saturated heterocycles. The van der Waals surface area contributed by atoms with Crippen LogP contribution in [-0.4, -0.2) is 154 Å². The molecular weight excluding hydrogens is 388 g/mol. The van der Waals surface area contributed by atoms with E-state index in [0.29, 0.717) is 39.3 Å².